The zero-order valence-electron chi connectivity index (χ0n) is 10.2. The minimum atomic E-state index is 0.175. The van der Waals surface area contributed by atoms with Gasteiger partial charge >= 0.3 is 0 Å². The molecule has 0 radical (unpaired) electrons. The topological polar surface area (TPSA) is 49.6 Å². The third-order valence-electron chi connectivity index (χ3n) is 3.23. The number of carbonyl (C=O) groups is 1. The average molecular weight is 233 g/mol. The molecule has 0 aromatic heterocycles. The molecule has 1 aliphatic rings. The van der Waals surface area contributed by atoms with Crippen LogP contribution in [0.2, 0.25) is 0 Å². The van der Waals surface area contributed by atoms with Gasteiger partial charge in [0.25, 0.3) is 0 Å². The summed E-state index contributed by atoms with van der Waals surface area (Å²) in [4.78, 5) is 15.8. The smallest absolute Gasteiger partial charge is 0.241 e. The Labute approximate surface area is 102 Å². The van der Waals surface area contributed by atoms with Gasteiger partial charge in [0.05, 0.1) is 6.54 Å². The van der Waals surface area contributed by atoms with Crippen molar-refractivity contribution in [3.05, 3.63) is 29.8 Å². The van der Waals surface area contributed by atoms with Crippen LogP contribution in [0.15, 0.2) is 24.3 Å². The van der Waals surface area contributed by atoms with Gasteiger partial charge in [0.2, 0.25) is 5.91 Å². The number of carbonyl (C=O) groups excluding carboxylic acids is 1. The lowest BCUT2D eigenvalue weighted by Gasteiger charge is -2.24. The van der Waals surface area contributed by atoms with Crippen molar-refractivity contribution in [3.8, 4) is 0 Å². The quantitative estimate of drug-likeness (QED) is 0.822. The first-order chi connectivity index (χ1) is 8.22. The Morgan fingerprint density at radius 1 is 1.29 bits per heavy atom. The van der Waals surface area contributed by atoms with Gasteiger partial charge < -0.3 is 15.5 Å². The van der Waals surface area contributed by atoms with Crippen molar-refractivity contribution in [3.63, 3.8) is 0 Å². The molecule has 0 atom stereocenters. The number of nitrogens with zero attached hydrogens (tertiary/aromatic N) is 2. The Kier molecular flexibility index (Phi) is 3.64. The molecular weight excluding hydrogens is 214 g/mol. The van der Waals surface area contributed by atoms with Gasteiger partial charge in [-0.3, -0.25) is 4.79 Å². The molecular formula is C13H19N3O. The molecule has 1 amide bonds. The van der Waals surface area contributed by atoms with Gasteiger partial charge in [0.1, 0.15) is 0 Å². The summed E-state index contributed by atoms with van der Waals surface area (Å²) in [5.41, 5.74) is 7.93. The third kappa shape index (κ3) is 2.58. The first-order valence-corrected chi connectivity index (χ1v) is 5.99. The summed E-state index contributed by atoms with van der Waals surface area (Å²) >= 11 is 0. The maximum atomic E-state index is 11.9. The van der Waals surface area contributed by atoms with E-state index in [1.807, 2.05) is 31.3 Å². The molecule has 0 bridgehead atoms. The van der Waals surface area contributed by atoms with Crippen molar-refractivity contribution >= 4 is 11.6 Å². The Balaban J connectivity index is 2.23. The largest absolute Gasteiger partial charge is 0.362 e. The van der Waals surface area contributed by atoms with E-state index in [0.29, 0.717) is 13.1 Å². The van der Waals surface area contributed by atoms with E-state index in [1.54, 1.807) is 4.90 Å². The molecule has 0 unspecified atom stereocenters. The Bertz CT molecular complexity index is 405. The maximum absolute atomic E-state index is 11.9. The van der Waals surface area contributed by atoms with Crippen LogP contribution >= 0.6 is 0 Å². The molecule has 0 spiro atoms. The summed E-state index contributed by atoms with van der Waals surface area (Å²) in [7, 11) is 1.86. The number of rotatable bonds is 2. The second kappa shape index (κ2) is 5.19. The van der Waals surface area contributed by atoms with Crippen LogP contribution in [0.1, 0.15) is 12.0 Å². The summed E-state index contributed by atoms with van der Waals surface area (Å²) in [6.45, 7) is 2.71. The van der Waals surface area contributed by atoms with Crippen LogP contribution < -0.4 is 10.6 Å². The van der Waals surface area contributed by atoms with Crippen molar-refractivity contribution in [1.29, 1.82) is 0 Å². The highest BCUT2D eigenvalue weighted by Gasteiger charge is 2.20. The number of nitrogens with two attached hydrogens (primary N) is 1. The lowest BCUT2D eigenvalue weighted by molar-refractivity contribution is -0.127. The normalized spacial score (nSPS) is 17.2. The van der Waals surface area contributed by atoms with Gasteiger partial charge in [-0.05, 0) is 18.1 Å². The molecule has 0 aliphatic carbocycles. The van der Waals surface area contributed by atoms with Gasteiger partial charge in [-0.15, -0.1) is 0 Å². The summed E-state index contributed by atoms with van der Waals surface area (Å²) in [6.07, 6.45) is 1.00. The van der Waals surface area contributed by atoms with E-state index in [-0.39, 0.29) is 5.91 Å². The molecule has 1 heterocycles. The SMILES string of the molecule is CN1CCCN(c2ccccc2CN)CC1=O. The van der Waals surface area contributed by atoms with E-state index in [4.69, 9.17) is 5.73 Å². The first-order valence-electron chi connectivity index (χ1n) is 5.99. The molecule has 92 valence electrons. The van der Waals surface area contributed by atoms with Crippen LogP contribution in [0.5, 0.6) is 0 Å². The predicted molar refractivity (Wildman–Crippen MR) is 68.8 cm³/mol. The summed E-state index contributed by atoms with van der Waals surface area (Å²) < 4.78 is 0. The molecule has 4 heteroatoms. The van der Waals surface area contributed by atoms with Crippen molar-refractivity contribution in [1.82, 2.24) is 4.90 Å². The van der Waals surface area contributed by atoms with E-state index in [0.717, 1.165) is 30.8 Å². The van der Waals surface area contributed by atoms with Crippen LogP contribution in [0, 0.1) is 0 Å². The summed E-state index contributed by atoms with van der Waals surface area (Å²) in [5, 5.41) is 0. The van der Waals surface area contributed by atoms with E-state index in [9.17, 15) is 4.79 Å². The Hall–Kier alpha value is -1.55. The highest BCUT2D eigenvalue weighted by atomic mass is 16.2. The molecule has 1 aromatic rings. The second-order valence-electron chi connectivity index (χ2n) is 4.42. The molecule has 1 fully saturated rings. The summed E-state index contributed by atoms with van der Waals surface area (Å²) in [5.74, 6) is 0.175. The number of likely N-dealkylation sites (N-methyl/N-ethyl adjacent to an activating group) is 1. The van der Waals surface area contributed by atoms with E-state index in [1.165, 1.54) is 0 Å². The Morgan fingerprint density at radius 2 is 2.06 bits per heavy atom. The fourth-order valence-corrected chi connectivity index (χ4v) is 2.18. The van der Waals surface area contributed by atoms with E-state index >= 15 is 0 Å². The van der Waals surface area contributed by atoms with Crippen molar-refractivity contribution in [2.45, 2.75) is 13.0 Å². The van der Waals surface area contributed by atoms with Crippen LogP contribution in [-0.2, 0) is 11.3 Å². The Morgan fingerprint density at radius 3 is 2.82 bits per heavy atom. The van der Waals surface area contributed by atoms with Gasteiger partial charge in [-0.2, -0.15) is 0 Å². The first kappa shape index (κ1) is 11.9. The molecule has 2 rings (SSSR count). The minimum Gasteiger partial charge on any atom is -0.362 e. The van der Waals surface area contributed by atoms with E-state index < -0.39 is 0 Å². The lowest BCUT2D eigenvalue weighted by atomic mass is 10.1. The second-order valence-corrected chi connectivity index (χ2v) is 4.42. The van der Waals surface area contributed by atoms with Gasteiger partial charge in [-0.25, -0.2) is 0 Å². The molecule has 17 heavy (non-hydrogen) atoms. The van der Waals surface area contributed by atoms with Crippen LogP contribution in [0.25, 0.3) is 0 Å². The maximum Gasteiger partial charge on any atom is 0.241 e. The number of amides is 1. The summed E-state index contributed by atoms with van der Waals surface area (Å²) in [6, 6.07) is 8.04. The van der Waals surface area contributed by atoms with Crippen LogP contribution in [-0.4, -0.2) is 37.5 Å². The zero-order valence-corrected chi connectivity index (χ0v) is 10.2. The van der Waals surface area contributed by atoms with Gasteiger partial charge in [-0.1, -0.05) is 18.2 Å². The molecule has 4 nitrogen and oxygen atoms in total. The third-order valence-corrected chi connectivity index (χ3v) is 3.23. The fourth-order valence-electron chi connectivity index (χ4n) is 2.18. The van der Waals surface area contributed by atoms with E-state index in [2.05, 4.69) is 4.90 Å². The number of hydrogen-bond donors (Lipinski definition) is 1. The van der Waals surface area contributed by atoms with Crippen LogP contribution in [0.4, 0.5) is 5.69 Å². The average Bonchev–Trinajstić information content (AvgIpc) is 2.52. The van der Waals surface area contributed by atoms with Crippen molar-refractivity contribution in [2.75, 3.05) is 31.6 Å². The van der Waals surface area contributed by atoms with Gasteiger partial charge in [0, 0.05) is 32.4 Å². The number of anilines is 1. The van der Waals surface area contributed by atoms with Crippen molar-refractivity contribution < 1.29 is 4.79 Å². The number of hydrogen-bond acceptors (Lipinski definition) is 3. The molecule has 2 N–H and O–H groups in total. The minimum absolute atomic E-state index is 0.175. The lowest BCUT2D eigenvalue weighted by Crippen LogP contribution is -2.34. The molecule has 1 aromatic carbocycles. The monoisotopic (exact) mass is 233 g/mol. The number of para-hydroxylation sites is 1. The number of benzene rings is 1. The zero-order chi connectivity index (χ0) is 12.3. The standard InChI is InChI=1S/C13H19N3O/c1-15-7-4-8-16(10-13(15)17)12-6-3-2-5-11(12)9-14/h2-3,5-6H,4,7-10,14H2,1H3. The molecule has 0 saturated carbocycles. The predicted octanol–water partition coefficient (Wildman–Crippen LogP) is 0.814. The fraction of sp³-hybridized carbons (Fsp3) is 0.462. The highest BCUT2D eigenvalue weighted by Crippen LogP contribution is 2.21. The highest BCUT2D eigenvalue weighted by molar-refractivity contribution is 5.82. The van der Waals surface area contributed by atoms with Gasteiger partial charge in [0.15, 0.2) is 0 Å². The molecule has 1 aliphatic heterocycles. The molecule has 1 saturated heterocycles. The van der Waals surface area contributed by atoms with Crippen LogP contribution in [0.3, 0.4) is 0 Å². The van der Waals surface area contributed by atoms with Crippen molar-refractivity contribution in [2.24, 2.45) is 5.73 Å².